The smallest absolute Gasteiger partial charge is 0.191 e. The number of methoxy groups -OCH3 is 1. The molecule has 1 aliphatic carbocycles. The van der Waals surface area contributed by atoms with Gasteiger partial charge in [0.25, 0.3) is 0 Å². The lowest BCUT2D eigenvalue weighted by molar-refractivity contribution is 0.186. The van der Waals surface area contributed by atoms with E-state index in [0.717, 1.165) is 29.1 Å². The van der Waals surface area contributed by atoms with Crippen LogP contribution in [0.15, 0.2) is 29.3 Å². The number of aliphatic hydroxyl groups excluding tert-OH is 1. The van der Waals surface area contributed by atoms with Gasteiger partial charge in [0.05, 0.1) is 19.8 Å². The lowest BCUT2D eigenvalue weighted by Gasteiger charge is -2.30. The molecule has 0 bridgehead atoms. The summed E-state index contributed by atoms with van der Waals surface area (Å²) in [5, 5.41) is 18.1. The molecular weight excluding hydrogens is 346 g/mol. The van der Waals surface area contributed by atoms with Gasteiger partial charge < -0.3 is 20.5 Å². The van der Waals surface area contributed by atoms with Gasteiger partial charge in [-0.1, -0.05) is 25.5 Å². The summed E-state index contributed by atoms with van der Waals surface area (Å²) in [6.45, 7) is 5.42. The van der Waals surface area contributed by atoms with Crippen molar-refractivity contribution in [3.05, 3.63) is 29.8 Å². The van der Waals surface area contributed by atoms with Crippen LogP contribution < -0.4 is 15.4 Å². The molecule has 3 N–H and O–H groups in total. The number of guanidine groups is 1. The summed E-state index contributed by atoms with van der Waals surface area (Å²) in [5.74, 6) is 2.72. The van der Waals surface area contributed by atoms with Crippen molar-refractivity contribution in [2.24, 2.45) is 4.99 Å². The standard InChI is InChI=1S/C20H33N3O2S/c1-4-21-20(23-16-9-7-11-18(13-16)26-5-2)22-14-19(24)15-8-6-10-17(12-15)25-3/h6,8,10,12,16,18-19,24H,4-5,7,9,11,13-14H2,1-3H3,(H2,21,22,23). The molecule has 0 heterocycles. The highest BCUT2D eigenvalue weighted by molar-refractivity contribution is 7.99. The minimum absolute atomic E-state index is 0.322. The van der Waals surface area contributed by atoms with Crippen LogP contribution in [-0.2, 0) is 0 Å². The SMILES string of the molecule is CCNC(=NCC(O)c1cccc(OC)c1)NC1CCCC(SCC)C1. The minimum Gasteiger partial charge on any atom is -0.497 e. The minimum atomic E-state index is -0.643. The fraction of sp³-hybridized carbons (Fsp3) is 0.650. The first kappa shape index (κ1) is 20.9. The van der Waals surface area contributed by atoms with Crippen LogP contribution >= 0.6 is 11.8 Å². The van der Waals surface area contributed by atoms with Crippen LogP contribution in [0.5, 0.6) is 5.75 Å². The van der Waals surface area contributed by atoms with Crippen LogP contribution in [0.1, 0.15) is 51.2 Å². The van der Waals surface area contributed by atoms with Gasteiger partial charge in [-0.2, -0.15) is 11.8 Å². The van der Waals surface area contributed by atoms with Crippen molar-refractivity contribution < 1.29 is 9.84 Å². The number of nitrogens with zero attached hydrogens (tertiary/aromatic N) is 1. The summed E-state index contributed by atoms with van der Waals surface area (Å²) < 4.78 is 5.23. The second-order valence-electron chi connectivity index (χ2n) is 6.60. The van der Waals surface area contributed by atoms with Crippen LogP contribution in [-0.4, -0.2) is 48.3 Å². The zero-order chi connectivity index (χ0) is 18.8. The molecule has 0 saturated heterocycles. The van der Waals surface area contributed by atoms with Crippen molar-refractivity contribution in [2.45, 2.75) is 56.9 Å². The molecule has 1 aromatic carbocycles. The molecule has 2 rings (SSSR count). The highest BCUT2D eigenvalue weighted by Crippen LogP contribution is 2.28. The van der Waals surface area contributed by atoms with E-state index in [4.69, 9.17) is 4.74 Å². The van der Waals surface area contributed by atoms with Crippen molar-refractivity contribution in [3.63, 3.8) is 0 Å². The molecule has 1 fully saturated rings. The van der Waals surface area contributed by atoms with Crippen LogP contribution in [0.3, 0.4) is 0 Å². The average molecular weight is 380 g/mol. The molecule has 1 saturated carbocycles. The first-order valence-corrected chi connectivity index (χ1v) is 10.7. The third-order valence-corrected chi connectivity index (χ3v) is 5.85. The Morgan fingerprint density at radius 3 is 2.96 bits per heavy atom. The van der Waals surface area contributed by atoms with E-state index < -0.39 is 6.10 Å². The second-order valence-corrected chi connectivity index (χ2v) is 8.17. The van der Waals surface area contributed by atoms with Gasteiger partial charge in [0.15, 0.2) is 5.96 Å². The van der Waals surface area contributed by atoms with Crippen LogP contribution in [0.4, 0.5) is 0 Å². The molecule has 6 heteroatoms. The molecule has 26 heavy (non-hydrogen) atoms. The monoisotopic (exact) mass is 379 g/mol. The molecule has 0 aliphatic heterocycles. The molecule has 0 amide bonds. The van der Waals surface area contributed by atoms with E-state index in [1.807, 2.05) is 24.3 Å². The van der Waals surface area contributed by atoms with Gasteiger partial charge >= 0.3 is 0 Å². The Hall–Kier alpha value is -1.40. The van der Waals surface area contributed by atoms with E-state index in [1.165, 1.54) is 31.4 Å². The van der Waals surface area contributed by atoms with Gasteiger partial charge in [-0.25, -0.2) is 0 Å². The maximum Gasteiger partial charge on any atom is 0.191 e. The summed E-state index contributed by atoms with van der Waals surface area (Å²) in [4.78, 5) is 4.61. The van der Waals surface area contributed by atoms with Crippen molar-refractivity contribution in [1.29, 1.82) is 0 Å². The number of rotatable bonds is 8. The van der Waals surface area contributed by atoms with Crippen LogP contribution in [0.25, 0.3) is 0 Å². The Labute approximate surface area is 162 Å². The largest absolute Gasteiger partial charge is 0.497 e. The van der Waals surface area contributed by atoms with Crippen molar-refractivity contribution >= 4 is 17.7 Å². The molecule has 5 nitrogen and oxygen atoms in total. The number of hydrogen-bond donors (Lipinski definition) is 3. The molecule has 0 spiro atoms. The number of aliphatic hydroxyl groups is 1. The average Bonchev–Trinajstić information content (AvgIpc) is 2.66. The number of ether oxygens (including phenoxy) is 1. The predicted molar refractivity (Wildman–Crippen MR) is 111 cm³/mol. The molecule has 3 atom stereocenters. The summed E-state index contributed by atoms with van der Waals surface area (Å²) in [6.07, 6.45) is 4.31. The first-order valence-electron chi connectivity index (χ1n) is 9.64. The Kier molecular flexibility index (Phi) is 9.12. The first-order chi connectivity index (χ1) is 12.7. The fourth-order valence-electron chi connectivity index (χ4n) is 3.31. The summed E-state index contributed by atoms with van der Waals surface area (Å²) in [7, 11) is 1.63. The van der Waals surface area contributed by atoms with E-state index in [9.17, 15) is 5.11 Å². The van der Waals surface area contributed by atoms with E-state index >= 15 is 0 Å². The number of benzene rings is 1. The van der Waals surface area contributed by atoms with E-state index in [2.05, 4.69) is 41.2 Å². The number of hydrogen-bond acceptors (Lipinski definition) is 4. The molecule has 0 radical (unpaired) electrons. The number of aliphatic imine (C=N–C) groups is 1. The summed E-state index contributed by atoms with van der Waals surface area (Å²) >= 11 is 2.06. The third kappa shape index (κ3) is 6.72. The Bertz CT molecular complexity index is 566. The van der Waals surface area contributed by atoms with E-state index in [0.29, 0.717) is 12.6 Å². The third-order valence-electron chi connectivity index (χ3n) is 4.61. The topological polar surface area (TPSA) is 65.9 Å². The second kappa shape index (κ2) is 11.3. The zero-order valence-corrected chi connectivity index (χ0v) is 17.0. The van der Waals surface area contributed by atoms with Gasteiger partial charge in [-0.15, -0.1) is 0 Å². The zero-order valence-electron chi connectivity index (χ0n) is 16.2. The molecule has 146 valence electrons. The highest BCUT2D eigenvalue weighted by atomic mass is 32.2. The number of nitrogens with one attached hydrogen (secondary N) is 2. The molecule has 3 unspecified atom stereocenters. The van der Waals surface area contributed by atoms with E-state index in [1.54, 1.807) is 7.11 Å². The molecule has 1 aromatic rings. The predicted octanol–water partition coefficient (Wildman–Crippen LogP) is 3.35. The Morgan fingerprint density at radius 2 is 2.23 bits per heavy atom. The van der Waals surface area contributed by atoms with Crippen LogP contribution in [0, 0.1) is 0 Å². The van der Waals surface area contributed by atoms with Crippen LogP contribution in [0.2, 0.25) is 0 Å². The normalized spacial score (nSPS) is 21.9. The summed E-state index contributed by atoms with van der Waals surface area (Å²) in [5.41, 5.74) is 0.820. The van der Waals surface area contributed by atoms with Gasteiger partial charge in [0.2, 0.25) is 0 Å². The van der Waals surface area contributed by atoms with E-state index in [-0.39, 0.29) is 0 Å². The maximum absolute atomic E-state index is 10.5. The van der Waals surface area contributed by atoms with Gasteiger partial charge in [-0.3, -0.25) is 4.99 Å². The van der Waals surface area contributed by atoms with Gasteiger partial charge in [0.1, 0.15) is 5.75 Å². The lowest BCUT2D eigenvalue weighted by Crippen LogP contribution is -2.46. The van der Waals surface area contributed by atoms with Crippen molar-refractivity contribution in [2.75, 3.05) is 26.0 Å². The van der Waals surface area contributed by atoms with Crippen molar-refractivity contribution in [1.82, 2.24) is 10.6 Å². The quantitative estimate of drug-likeness (QED) is 0.477. The Morgan fingerprint density at radius 1 is 1.38 bits per heavy atom. The molecular formula is C20H33N3O2S. The lowest BCUT2D eigenvalue weighted by atomic mass is 9.95. The fourth-order valence-corrected chi connectivity index (χ4v) is 4.48. The maximum atomic E-state index is 10.5. The number of thioether (sulfide) groups is 1. The van der Waals surface area contributed by atoms with Gasteiger partial charge in [-0.05, 0) is 49.6 Å². The summed E-state index contributed by atoms with van der Waals surface area (Å²) in [6, 6.07) is 7.97. The van der Waals surface area contributed by atoms with Gasteiger partial charge in [0, 0.05) is 17.8 Å². The molecule has 1 aliphatic rings. The Balaban J connectivity index is 1.94. The van der Waals surface area contributed by atoms with Crippen molar-refractivity contribution in [3.8, 4) is 5.75 Å². The molecule has 0 aromatic heterocycles. The highest BCUT2D eigenvalue weighted by Gasteiger charge is 2.22.